The maximum absolute atomic E-state index is 12.1. The lowest BCUT2D eigenvalue weighted by molar-refractivity contribution is -0.151. The van der Waals surface area contributed by atoms with Crippen molar-refractivity contribution in [1.82, 2.24) is 5.32 Å². The van der Waals surface area contributed by atoms with E-state index in [0.29, 0.717) is 18.1 Å². The first-order valence-electron chi connectivity index (χ1n) is 5.73. The molecule has 0 amide bonds. The zero-order valence-electron chi connectivity index (χ0n) is 10.4. The van der Waals surface area contributed by atoms with Gasteiger partial charge in [-0.05, 0) is 38.1 Å². The molecule has 0 aliphatic carbocycles. The molecule has 0 fully saturated rings. The highest BCUT2D eigenvalue weighted by atomic mass is 35.5. The molecule has 0 spiro atoms. The van der Waals surface area contributed by atoms with Crippen LogP contribution >= 0.6 is 11.6 Å². The average Bonchev–Trinajstić information content (AvgIpc) is 2.32. The van der Waals surface area contributed by atoms with Gasteiger partial charge in [0.2, 0.25) is 0 Å². The number of halogens is 1. The number of hydrogen-bond donors (Lipinski definition) is 1. The lowest BCUT2D eigenvalue weighted by Gasteiger charge is -2.30. The fourth-order valence-corrected chi connectivity index (χ4v) is 2.09. The van der Waals surface area contributed by atoms with Gasteiger partial charge in [0, 0.05) is 5.02 Å². The number of ether oxygens (including phenoxy) is 1. The van der Waals surface area contributed by atoms with Crippen LogP contribution in [0.2, 0.25) is 5.02 Å². The van der Waals surface area contributed by atoms with Crippen molar-refractivity contribution in [3.8, 4) is 0 Å². The molecule has 1 aromatic rings. The number of carbonyl (C=O) groups excluding carboxylic acids is 1. The van der Waals surface area contributed by atoms with Crippen LogP contribution in [0.5, 0.6) is 0 Å². The highest BCUT2D eigenvalue weighted by Gasteiger charge is 2.38. The largest absolute Gasteiger partial charge is 0.464 e. The molecule has 0 aliphatic heterocycles. The van der Waals surface area contributed by atoms with E-state index in [1.54, 1.807) is 26.1 Å². The molecule has 94 valence electrons. The Morgan fingerprint density at radius 1 is 1.47 bits per heavy atom. The minimum Gasteiger partial charge on any atom is -0.464 e. The summed E-state index contributed by atoms with van der Waals surface area (Å²) in [6, 6.07) is 7.28. The summed E-state index contributed by atoms with van der Waals surface area (Å²) in [7, 11) is 1.75. The summed E-state index contributed by atoms with van der Waals surface area (Å²) in [5.74, 6) is -0.271. The molecule has 1 aromatic carbocycles. The Balaban J connectivity index is 3.19. The van der Waals surface area contributed by atoms with Crippen LogP contribution in [-0.4, -0.2) is 19.6 Å². The summed E-state index contributed by atoms with van der Waals surface area (Å²) in [6.45, 7) is 4.10. The molecule has 4 heteroatoms. The van der Waals surface area contributed by atoms with Gasteiger partial charge < -0.3 is 10.1 Å². The number of carbonyl (C=O) groups is 1. The predicted octanol–water partition coefficient (Wildman–Crippen LogP) is 2.73. The third kappa shape index (κ3) is 2.79. The maximum atomic E-state index is 12.1. The monoisotopic (exact) mass is 255 g/mol. The van der Waals surface area contributed by atoms with Crippen LogP contribution in [0, 0.1) is 0 Å². The molecule has 1 rings (SSSR count). The molecule has 0 aliphatic rings. The molecular formula is C13H18ClNO2. The van der Waals surface area contributed by atoms with Gasteiger partial charge >= 0.3 is 5.97 Å². The van der Waals surface area contributed by atoms with Crippen molar-refractivity contribution < 1.29 is 9.53 Å². The lowest BCUT2D eigenvalue weighted by Crippen LogP contribution is -2.48. The third-order valence-electron chi connectivity index (χ3n) is 2.90. The molecule has 0 saturated carbocycles. The molecular weight excluding hydrogens is 238 g/mol. The summed E-state index contributed by atoms with van der Waals surface area (Å²) >= 11 is 5.97. The summed E-state index contributed by atoms with van der Waals surface area (Å²) in [6.07, 6.45) is 0.600. The van der Waals surface area contributed by atoms with Crippen molar-refractivity contribution in [1.29, 1.82) is 0 Å². The Morgan fingerprint density at radius 2 is 2.18 bits per heavy atom. The molecule has 0 aromatic heterocycles. The lowest BCUT2D eigenvalue weighted by atomic mass is 9.87. The van der Waals surface area contributed by atoms with E-state index in [0.717, 1.165) is 5.56 Å². The van der Waals surface area contributed by atoms with Crippen LogP contribution in [0.4, 0.5) is 0 Å². The Labute approximate surface area is 107 Å². The van der Waals surface area contributed by atoms with Crippen molar-refractivity contribution in [3.05, 3.63) is 34.9 Å². The molecule has 0 saturated heterocycles. The van der Waals surface area contributed by atoms with Gasteiger partial charge in [-0.2, -0.15) is 0 Å². The molecule has 0 bridgehead atoms. The van der Waals surface area contributed by atoms with Crippen molar-refractivity contribution in [3.63, 3.8) is 0 Å². The van der Waals surface area contributed by atoms with E-state index in [-0.39, 0.29) is 5.97 Å². The minimum absolute atomic E-state index is 0.271. The molecule has 3 nitrogen and oxygen atoms in total. The summed E-state index contributed by atoms with van der Waals surface area (Å²) in [4.78, 5) is 12.1. The number of likely N-dealkylation sites (N-methyl/N-ethyl adjacent to an activating group) is 1. The second-order valence-electron chi connectivity index (χ2n) is 3.74. The first-order valence-corrected chi connectivity index (χ1v) is 6.10. The van der Waals surface area contributed by atoms with Crippen LogP contribution in [0.1, 0.15) is 25.8 Å². The van der Waals surface area contributed by atoms with E-state index in [1.165, 1.54) is 0 Å². The number of benzene rings is 1. The second-order valence-corrected chi connectivity index (χ2v) is 4.18. The van der Waals surface area contributed by atoms with E-state index in [1.807, 2.05) is 19.1 Å². The SMILES string of the molecule is CCOC(=O)C(CC)(NC)c1cccc(Cl)c1. The van der Waals surface area contributed by atoms with E-state index in [9.17, 15) is 4.79 Å². The van der Waals surface area contributed by atoms with E-state index < -0.39 is 5.54 Å². The zero-order chi connectivity index (χ0) is 12.9. The highest BCUT2D eigenvalue weighted by Crippen LogP contribution is 2.28. The average molecular weight is 256 g/mol. The van der Waals surface area contributed by atoms with Crippen molar-refractivity contribution in [2.45, 2.75) is 25.8 Å². The van der Waals surface area contributed by atoms with Gasteiger partial charge in [-0.1, -0.05) is 30.7 Å². The first kappa shape index (κ1) is 14.0. The molecule has 0 heterocycles. The normalized spacial score (nSPS) is 14.1. The fourth-order valence-electron chi connectivity index (χ4n) is 1.90. The predicted molar refractivity (Wildman–Crippen MR) is 69.1 cm³/mol. The van der Waals surface area contributed by atoms with Crippen LogP contribution in [0.3, 0.4) is 0 Å². The Bertz CT molecular complexity index is 389. The quantitative estimate of drug-likeness (QED) is 0.823. The zero-order valence-corrected chi connectivity index (χ0v) is 11.2. The summed E-state index contributed by atoms with van der Waals surface area (Å²) in [5.41, 5.74) is 0.00873. The molecule has 17 heavy (non-hydrogen) atoms. The van der Waals surface area contributed by atoms with Gasteiger partial charge in [0.05, 0.1) is 6.61 Å². The molecule has 1 unspecified atom stereocenters. The van der Waals surface area contributed by atoms with Crippen LogP contribution in [-0.2, 0) is 15.1 Å². The van der Waals surface area contributed by atoms with E-state index in [2.05, 4.69) is 5.32 Å². The van der Waals surface area contributed by atoms with Gasteiger partial charge in [0.25, 0.3) is 0 Å². The van der Waals surface area contributed by atoms with Gasteiger partial charge in [0.1, 0.15) is 5.54 Å². The van der Waals surface area contributed by atoms with E-state index >= 15 is 0 Å². The topological polar surface area (TPSA) is 38.3 Å². The Morgan fingerprint density at radius 3 is 2.65 bits per heavy atom. The van der Waals surface area contributed by atoms with Gasteiger partial charge in [-0.25, -0.2) is 4.79 Å². The molecule has 1 N–H and O–H groups in total. The number of rotatable bonds is 5. The smallest absolute Gasteiger partial charge is 0.330 e. The fraction of sp³-hybridized carbons (Fsp3) is 0.462. The Kier molecular flexibility index (Phi) is 4.97. The van der Waals surface area contributed by atoms with Crippen molar-refractivity contribution in [2.75, 3.05) is 13.7 Å². The molecule has 0 radical (unpaired) electrons. The number of hydrogen-bond acceptors (Lipinski definition) is 3. The van der Waals surface area contributed by atoms with Crippen molar-refractivity contribution >= 4 is 17.6 Å². The third-order valence-corrected chi connectivity index (χ3v) is 3.13. The first-order chi connectivity index (χ1) is 8.10. The van der Waals surface area contributed by atoms with Crippen LogP contribution < -0.4 is 5.32 Å². The molecule has 1 atom stereocenters. The van der Waals surface area contributed by atoms with Gasteiger partial charge in [0.15, 0.2) is 0 Å². The summed E-state index contributed by atoms with van der Waals surface area (Å²) in [5, 5.41) is 3.67. The Hall–Kier alpha value is -1.06. The number of nitrogens with one attached hydrogen (secondary N) is 1. The maximum Gasteiger partial charge on any atom is 0.330 e. The standard InChI is InChI=1S/C13H18ClNO2/c1-4-13(15-3,12(16)17-5-2)10-7-6-8-11(14)9-10/h6-9,15H,4-5H2,1-3H3. The van der Waals surface area contributed by atoms with Crippen LogP contribution in [0.15, 0.2) is 24.3 Å². The van der Waals surface area contributed by atoms with Crippen molar-refractivity contribution in [2.24, 2.45) is 0 Å². The number of esters is 1. The van der Waals surface area contributed by atoms with E-state index in [4.69, 9.17) is 16.3 Å². The van der Waals surface area contributed by atoms with Gasteiger partial charge in [-0.3, -0.25) is 0 Å². The minimum atomic E-state index is -0.819. The highest BCUT2D eigenvalue weighted by molar-refractivity contribution is 6.30. The summed E-state index contributed by atoms with van der Waals surface area (Å²) < 4.78 is 5.14. The van der Waals surface area contributed by atoms with Gasteiger partial charge in [-0.15, -0.1) is 0 Å². The van der Waals surface area contributed by atoms with Crippen LogP contribution in [0.25, 0.3) is 0 Å². The second kappa shape index (κ2) is 6.03.